The largest absolute Gasteiger partial charge is 0.484 e. The summed E-state index contributed by atoms with van der Waals surface area (Å²) in [4.78, 5) is 31.6. The Balaban J connectivity index is 1.22. The molecular weight excluding hydrogens is 430 g/mol. The maximum Gasteiger partial charge on any atom is 0.273 e. The van der Waals surface area contributed by atoms with Gasteiger partial charge < -0.3 is 19.4 Å². The van der Waals surface area contributed by atoms with Gasteiger partial charge in [0, 0.05) is 18.5 Å². The molecule has 174 valence electrons. The van der Waals surface area contributed by atoms with E-state index in [4.69, 9.17) is 9.15 Å². The molecule has 2 aliphatic carbocycles. The van der Waals surface area contributed by atoms with Crippen LogP contribution in [0, 0.1) is 5.92 Å². The monoisotopic (exact) mass is 457 g/mol. The Morgan fingerprint density at radius 2 is 1.91 bits per heavy atom. The fourth-order valence-electron chi connectivity index (χ4n) is 4.59. The smallest absolute Gasteiger partial charge is 0.273 e. The van der Waals surface area contributed by atoms with Crippen molar-refractivity contribution in [2.45, 2.75) is 50.8 Å². The van der Waals surface area contributed by atoms with Crippen LogP contribution in [-0.2, 0) is 17.8 Å². The summed E-state index contributed by atoms with van der Waals surface area (Å²) in [6.07, 6.45) is 6.22. The van der Waals surface area contributed by atoms with Crippen molar-refractivity contribution in [3.63, 3.8) is 0 Å². The van der Waals surface area contributed by atoms with Crippen LogP contribution in [0.4, 0.5) is 0 Å². The van der Waals surface area contributed by atoms with Crippen molar-refractivity contribution in [3.05, 3.63) is 83.1 Å². The van der Waals surface area contributed by atoms with Gasteiger partial charge in [-0.3, -0.25) is 9.59 Å². The molecule has 1 N–H and O–H groups in total. The number of rotatable bonds is 7. The quantitative estimate of drug-likeness (QED) is 0.579. The number of ether oxygens (including phenoxy) is 1. The van der Waals surface area contributed by atoms with Gasteiger partial charge in [0.15, 0.2) is 12.3 Å². The lowest BCUT2D eigenvalue weighted by Gasteiger charge is -2.38. The highest BCUT2D eigenvalue weighted by atomic mass is 16.5. The number of amides is 2. The van der Waals surface area contributed by atoms with Crippen molar-refractivity contribution in [1.29, 1.82) is 0 Å². The first-order valence-electron chi connectivity index (χ1n) is 12.0. The Labute approximate surface area is 198 Å². The lowest BCUT2D eigenvalue weighted by Crippen LogP contribution is -2.41. The fourth-order valence-corrected chi connectivity index (χ4v) is 4.59. The van der Waals surface area contributed by atoms with Crippen molar-refractivity contribution in [1.82, 2.24) is 15.2 Å². The Morgan fingerprint density at radius 3 is 2.68 bits per heavy atom. The lowest BCUT2D eigenvalue weighted by molar-refractivity contribution is -0.134. The van der Waals surface area contributed by atoms with Crippen molar-refractivity contribution >= 4 is 11.8 Å². The first kappa shape index (κ1) is 21.0. The van der Waals surface area contributed by atoms with Crippen LogP contribution < -0.4 is 10.1 Å². The third kappa shape index (κ3) is 4.30. The molecule has 0 spiro atoms. The van der Waals surface area contributed by atoms with E-state index in [2.05, 4.69) is 28.5 Å². The molecule has 1 aliphatic heterocycles. The predicted octanol–water partition coefficient (Wildman–Crippen LogP) is 4.03. The molecule has 7 heteroatoms. The SMILES string of the molecule is O=C(NC1CC1)c1coc(COc2ccc3c(c2)C(c2ccccc2)N(C(=O)C2CC2)CC3)n1. The molecule has 3 aromatic rings. The second-order valence-corrected chi connectivity index (χ2v) is 9.39. The van der Waals surface area contributed by atoms with Crippen LogP contribution in [0.1, 0.15) is 64.8 Å². The van der Waals surface area contributed by atoms with Gasteiger partial charge in [0.25, 0.3) is 5.91 Å². The normalized spacial score (nSPS) is 19.4. The number of carbonyl (C=O) groups is 2. The van der Waals surface area contributed by atoms with E-state index in [0.717, 1.165) is 49.8 Å². The first-order valence-corrected chi connectivity index (χ1v) is 12.0. The molecule has 0 radical (unpaired) electrons. The van der Waals surface area contributed by atoms with Crippen LogP contribution >= 0.6 is 0 Å². The number of hydrogen-bond donors (Lipinski definition) is 1. The second kappa shape index (κ2) is 8.63. The molecule has 0 saturated heterocycles. The van der Waals surface area contributed by atoms with E-state index in [1.54, 1.807) is 0 Å². The molecule has 2 fully saturated rings. The van der Waals surface area contributed by atoms with E-state index in [1.165, 1.54) is 11.8 Å². The zero-order chi connectivity index (χ0) is 23.1. The molecule has 6 rings (SSSR count). The summed E-state index contributed by atoms with van der Waals surface area (Å²) in [5, 5.41) is 2.90. The number of benzene rings is 2. The third-order valence-corrected chi connectivity index (χ3v) is 6.73. The van der Waals surface area contributed by atoms with Gasteiger partial charge in [-0.15, -0.1) is 0 Å². The number of hydrogen-bond acceptors (Lipinski definition) is 5. The number of oxazole rings is 1. The molecule has 0 bridgehead atoms. The van der Waals surface area contributed by atoms with Gasteiger partial charge in [-0.2, -0.15) is 0 Å². The minimum atomic E-state index is -0.211. The van der Waals surface area contributed by atoms with Gasteiger partial charge >= 0.3 is 0 Å². The average Bonchev–Trinajstić information content (AvgIpc) is 3.81. The molecule has 1 aromatic heterocycles. The molecule has 7 nitrogen and oxygen atoms in total. The van der Waals surface area contributed by atoms with E-state index < -0.39 is 0 Å². The molecule has 1 unspecified atom stereocenters. The van der Waals surface area contributed by atoms with Crippen LogP contribution in [0.2, 0.25) is 0 Å². The topological polar surface area (TPSA) is 84.7 Å². The summed E-state index contributed by atoms with van der Waals surface area (Å²) in [6, 6.07) is 16.4. The highest BCUT2D eigenvalue weighted by molar-refractivity contribution is 5.92. The molecule has 34 heavy (non-hydrogen) atoms. The molecule has 2 saturated carbocycles. The van der Waals surface area contributed by atoms with Crippen molar-refractivity contribution in [2.75, 3.05) is 6.54 Å². The summed E-state index contributed by atoms with van der Waals surface area (Å²) in [7, 11) is 0. The zero-order valence-corrected chi connectivity index (χ0v) is 18.9. The number of fused-ring (bicyclic) bond motifs is 1. The summed E-state index contributed by atoms with van der Waals surface area (Å²) < 4.78 is 11.4. The zero-order valence-electron chi connectivity index (χ0n) is 18.9. The van der Waals surface area contributed by atoms with E-state index in [1.807, 2.05) is 35.2 Å². The second-order valence-electron chi connectivity index (χ2n) is 9.39. The van der Waals surface area contributed by atoms with Crippen LogP contribution in [0.3, 0.4) is 0 Å². The van der Waals surface area contributed by atoms with Gasteiger partial charge in [0.1, 0.15) is 12.0 Å². The first-order chi connectivity index (χ1) is 16.7. The maximum atomic E-state index is 13.1. The van der Waals surface area contributed by atoms with E-state index in [-0.39, 0.29) is 42.1 Å². The summed E-state index contributed by atoms with van der Waals surface area (Å²) >= 11 is 0. The van der Waals surface area contributed by atoms with Gasteiger partial charge in [0.05, 0.1) is 6.04 Å². The van der Waals surface area contributed by atoms with Crippen LogP contribution in [0.25, 0.3) is 0 Å². The summed E-state index contributed by atoms with van der Waals surface area (Å²) in [5.74, 6) is 1.25. The number of aromatic nitrogens is 1. The molecule has 2 aromatic carbocycles. The Hall–Kier alpha value is -3.61. The Bertz CT molecular complexity index is 1210. The van der Waals surface area contributed by atoms with Crippen molar-refractivity contribution in [2.24, 2.45) is 5.92 Å². The molecule has 3 aliphatic rings. The van der Waals surface area contributed by atoms with Crippen LogP contribution in [0.15, 0.2) is 59.2 Å². The molecule has 2 heterocycles. The van der Waals surface area contributed by atoms with Gasteiger partial charge in [-0.1, -0.05) is 36.4 Å². The Kier molecular flexibility index (Phi) is 5.32. The third-order valence-electron chi connectivity index (χ3n) is 6.73. The standard InChI is InChI=1S/C27H27N3O4/c31-26(28-20-9-10-20)23-15-34-24(29-23)16-33-21-11-8-17-12-13-30(27(32)19-6-7-19)25(22(17)14-21)18-4-2-1-3-5-18/h1-5,8,11,14-15,19-20,25H,6-7,9-10,12-13,16H2,(H,28,31). The summed E-state index contributed by atoms with van der Waals surface area (Å²) in [6.45, 7) is 0.848. The number of nitrogens with one attached hydrogen (secondary N) is 1. The lowest BCUT2D eigenvalue weighted by atomic mass is 9.87. The van der Waals surface area contributed by atoms with Crippen molar-refractivity contribution < 1.29 is 18.7 Å². The molecule has 2 amide bonds. The van der Waals surface area contributed by atoms with Crippen LogP contribution in [-0.4, -0.2) is 34.3 Å². The highest BCUT2D eigenvalue weighted by Crippen LogP contribution is 2.41. The average molecular weight is 458 g/mol. The van der Waals surface area contributed by atoms with Gasteiger partial charge in [-0.25, -0.2) is 4.98 Å². The fraction of sp³-hybridized carbons (Fsp3) is 0.370. The maximum absolute atomic E-state index is 13.1. The van der Waals surface area contributed by atoms with Gasteiger partial charge in [0.2, 0.25) is 11.8 Å². The van der Waals surface area contributed by atoms with E-state index >= 15 is 0 Å². The van der Waals surface area contributed by atoms with E-state index in [0.29, 0.717) is 11.6 Å². The number of nitrogens with zero attached hydrogens (tertiary/aromatic N) is 2. The minimum Gasteiger partial charge on any atom is -0.484 e. The number of carbonyl (C=O) groups excluding carboxylic acids is 2. The van der Waals surface area contributed by atoms with Crippen LogP contribution in [0.5, 0.6) is 5.75 Å². The van der Waals surface area contributed by atoms with Crippen molar-refractivity contribution in [3.8, 4) is 5.75 Å². The summed E-state index contributed by atoms with van der Waals surface area (Å²) in [5.41, 5.74) is 3.71. The minimum absolute atomic E-state index is 0.121. The highest BCUT2D eigenvalue weighted by Gasteiger charge is 2.39. The van der Waals surface area contributed by atoms with E-state index in [9.17, 15) is 9.59 Å². The molecule has 1 atom stereocenters. The molecular formula is C27H27N3O4. The Morgan fingerprint density at radius 1 is 1.09 bits per heavy atom. The predicted molar refractivity (Wildman–Crippen MR) is 124 cm³/mol. The van der Waals surface area contributed by atoms with Gasteiger partial charge in [-0.05, 0) is 60.9 Å².